The lowest BCUT2D eigenvalue weighted by atomic mass is 9.97. The number of alkyl halides is 3. The van der Waals surface area contributed by atoms with Crippen molar-refractivity contribution in [3.63, 3.8) is 0 Å². The Morgan fingerprint density at radius 3 is 2.51 bits per heavy atom. The SMILES string of the molecule is CN(C(=O)[C@]1(NC(=O)Oc2cncnc2)CCOC1)c1ccc(Nc2ccc(F)cc2C(F)(F)F)cn1. The number of nitrogens with one attached hydrogen (secondary N) is 2. The van der Waals surface area contributed by atoms with Gasteiger partial charge in [-0.05, 0) is 30.3 Å². The van der Waals surface area contributed by atoms with E-state index in [1.165, 1.54) is 49.0 Å². The summed E-state index contributed by atoms with van der Waals surface area (Å²) in [4.78, 5) is 38.6. The minimum absolute atomic E-state index is 0.0782. The summed E-state index contributed by atoms with van der Waals surface area (Å²) in [5.74, 6) is -1.33. The highest BCUT2D eigenvalue weighted by molar-refractivity contribution is 6.01. The molecule has 1 fully saturated rings. The molecule has 3 aromatic rings. The molecule has 0 bridgehead atoms. The highest BCUT2D eigenvalue weighted by Gasteiger charge is 2.46. The van der Waals surface area contributed by atoms with Crippen LogP contribution < -0.4 is 20.3 Å². The summed E-state index contributed by atoms with van der Waals surface area (Å²) in [5, 5.41) is 5.11. The fraction of sp³-hybridized carbons (Fsp3) is 0.261. The van der Waals surface area contributed by atoms with Crippen LogP contribution in [0.5, 0.6) is 5.75 Å². The molecule has 2 aromatic heterocycles. The standard InChI is InChI=1S/C23H20F4N6O4/c1-33(20(34)22(6-7-36-12-22)32-21(35)37-16-10-28-13-29-11-16)19-5-3-15(9-30-19)31-18-4-2-14(24)8-17(18)23(25,26)27/h2-5,8-11,13,31H,6-7,12H2,1H3,(H,32,35)/t22-/m0/s1. The summed E-state index contributed by atoms with van der Waals surface area (Å²) in [5.41, 5.74) is -2.79. The van der Waals surface area contributed by atoms with Crippen LogP contribution >= 0.6 is 0 Å². The second-order valence-corrected chi connectivity index (χ2v) is 8.06. The van der Waals surface area contributed by atoms with Gasteiger partial charge in [0.15, 0.2) is 5.75 Å². The number of carbonyl (C=O) groups excluding carboxylic acids is 2. The van der Waals surface area contributed by atoms with E-state index < -0.39 is 35.1 Å². The highest BCUT2D eigenvalue weighted by Crippen LogP contribution is 2.36. The Labute approximate surface area is 207 Å². The van der Waals surface area contributed by atoms with Gasteiger partial charge in [0.05, 0.1) is 42.1 Å². The summed E-state index contributed by atoms with van der Waals surface area (Å²) < 4.78 is 63.6. The lowest BCUT2D eigenvalue weighted by Crippen LogP contribution is -2.60. The van der Waals surface area contributed by atoms with E-state index in [1.54, 1.807) is 0 Å². The van der Waals surface area contributed by atoms with Gasteiger partial charge in [-0.2, -0.15) is 13.2 Å². The number of pyridine rings is 1. The molecule has 10 nitrogen and oxygen atoms in total. The van der Waals surface area contributed by atoms with E-state index in [4.69, 9.17) is 9.47 Å². The lowest BCUT2D eigenvalue weighted by molar-refractivity contribution is -0.137. The van der Waals surface area contributed by atoms with Crippen LogP contribution in [0, 0.1) is 5.82 Å². The van der Waals surface area contributed by atoms with Gasteiger partial charge >= 0.3 is 12.3 Å². The molecule has 1 aromatic carbocycles. The minimum Gasteiger partial charge on any atom is -0.407 e. The smallest absolute Gasteiger partial charge is 0.407 e. The Morgan fingerprint density at radius 2 is 1.89 bits per heavy atom. The van der Waals surface area contributed by atoms with Crippen LogP contribution in [0.4, 0.5) is 39.5 Å². The molecule has 194 valence electrons. The molecule has 1 aliphatic rings. The van der Waals surface area contributed by atoms with Crippen molar-refractivity contribution in [1.82, 2.24) is 20.3 Å². The number of benzene rings is 1. The van der Waals surface area contributed by atoms with Crippen molar-refractivity contribution in [2.24, 2.45) is 0 Å². The second-order valence-electron chi connectivity index (χ2n) is 8.06. The van der Waals surface area contributed by atoms with Crippen LogP contribution in [0.2, 0.25) is 0 Å². The Kier molecular flexibility index (Phi) is 7.20. The van der Waals surface area contributed by atoms with Gasteiger partial charge in [-0.25, -0.2) is 24.1 Å². The highest BCUT2D eigenvalue weighted by atomic mass is 19.4. The van der Waals surface area contributed by atoms with Crippen molar-refractivity contribution in [1.29, 1.82) is 0 Å². The Morgan fingerprint density at radius 1 is 1.14 bits per heavy atom. The van der Waals surface area contributed by atoms with Crippen LogP contribution in [0.1, 0.15) is 12.0 Å². The molecule has 14 heteroatoms. The van der Waals surface area contributed by atoms with E-state index in [0.29, 0.717) is 6.07 Å². The zero-order chi connectivity index (χ0) is 26.6. The van der Waals surface area contributed by atoms with Crippen LogP contribution in [-0.4, -0.2) is 52.8 Å². The number of ether oxygens (including phenoxy) is 2. The molecule has 3 heterocycles. The predicted octanol–water partition coefficient (Wildman–Crippen LogP) is 3.68. The largest absolute Gasteiger partial charge is 0.418 e. The van der Waals surface area contributed by atoms with E-state index in [0.717, 1.165) is 12.1 Å². The third kappa shape index (κ3) is 5.91. The Balaban J connectivity index is 1.48. The molecular weight excluding hydrogens is 500 g/mol. The molecule has 1 saturated heterocycles. The van der Waals surface area contributed by atoms with E-state index >= 15 is 0 Å². The quantitative estimate of drug-likeness (QED) is 0.473. The normalized spacial score (nSPS) is 17.2. The summed E-state index contributed by atoms with van der Waals surface area (Å²) >= 11 is 0. The van der Waals surface area contributed by atoms with E-state index in [2.05, 4.69) is 25.6 Å². The van der Waals surface area contributed by atoms with Crippen LogP contribution in [0.25, 0.3) is 0 Å². The Hall–Kier alpha value is -4.33. The Bertz CT molecular complexity index is 1270. The fourth-order valence-corrected chi connectivity index (χ4v) is 3.65. The molecule has 4 rings (SSSR count). The van der Waals surface area contributed by atoms with Crippen molar-refractivity contribution < 1.29 is 36.6 Å². The first-order valence-electron chi connectivity index (χ1n) is 10.8. The zero-order valence-electron chi connectivity index (χ0n) is 19.3. The molecule has 0 spiro atoms. The van der Waals surface area contributed by atoms with Gasteiger partial charge in [0, 0.05) is 20.1 Å². The van der Waals surface area contributed by atoms with Crippen LogP contribution in [0.15, 0.2) is 55.2 Å². The number of anilines is 3. The number of hydrogen-bond acceptors (Lipinski definition) is 8. The van der Waals surface area contributed by atoms with Gasteiger partial charge in [-0.1, -0.05) is 0 Å². The number of nitrogens with zero attached hydrogens (tertiary/aromatic N) is 4. The molecule has 0 radical (unpaired) electrons. The van der Waals surface area contributed by atoms with Crippen LogP contribution in [0.3, 0.4) is 0 Å². The lowest BCUT2D eigenvalue weighted by Gasteiger charge is -2.31. The number of aromatic nitrogens is 3. The molecule has 2 N–H and O–H groups in total. The van der Waals surface area contributed by atoms with Crippen molar-refractivity contribution in [2.45, 2.75) is 18.1 Å². The monoisotopic (exact) mass is 520 g/mol. The zero-order valence-corrected chi connectivity index (χ0v) is 19.3. The first-order chi connectivity index (χ1) is 17.6. The summed E-state index contributed by atoms with van der Waals surface area (Å²) in [6.45, 7) is 0.102. The van der Waals surface area contributed by atoms with Crippen molar-refractivity contribution in [2.75, 3.05) is 30.5 Å². The first kappa shape index (κ1) is 25.8. The average molecular weight is 520 g/mol. The van der Waals surface area contributed by atoms with E-state index in [1.807, 2.05) is 0 Å². The maximum Gasteiger partial charge on any atom is 0.418 e. The maximum atomic E-state index is 13.4. The van der Waals surface area contributed by atoms with Gasteiger partial charge in [0.1, 0.15) is 23.5 Å². The molecule has 2 amide bonds. The second kappa shape index (κ2) is 10.3. The molecule has 1 aliphatic heterocycles. The van der Waals surface area contributed by atoms with Gasteiger partial charge in [-0.15, -0.1) is 0 Å². The predicted molar refractivity (Wildman–Crippen MR) is 122 cm³/mol. The molecule has 0 aliphatic carbocycles. The number of halogens is 4. The summed E-state index contributed by atoms with van der Waals surface area (Å²) in [6, 6.07) is 5.07. The number of rotatable bonds is 6. The van der Waals surface area contributed by atoms with Gasteiger partial charge in [0.25, 0.3) is 5.91 Å². The van der Waals surface area contributed by atoms with Gasteiger partial charge in [0.2, 0.25) is 0 Å². The molecule has 37 heavy (non-hydrogen) atoms. The molecule has 1 atom stereocenters. The van der Waals surface area contributed by atoms with E-state index in [9.17, 15) is 27.2 Å². The number of carbonyl (C=O) groups is 2. The molecule has 0 unspecified atom stereocenters. The van der Waals surface area contributed by atoms with Crippen molar-refractivity contribution >= 4 is 29.2 Å². The van der Waals surface area contributed by atoms with Crippen molar-refractivity contribution in [3.05, 3.63) is 66.6 Å². The minimum atomic E-state index is -4.77. The molecular formula is C23H20F4N6O4. The summed E-state index contributed by atoms with van der Waals surface area (Å²) in [6.07, 6.45) is -0.474. The van der Waals surface area contributed by atoms with Gasteiger partial charge in [-0.3, -0.25) is 9.69 Å². The van der Waals surface area contributed by atoms with E-state index in [-0.39, 0.29) is 42.6 Å². The molecule has 0 saturated carbocycles. The topological polar surface area (TPSA) is 119 Å². The number of amides is 2. The average Bonchev–Trinajstić information content (AvgIpc) is 3.34. The van der Waals surface area contributed by atoms with Gasteiger partial charge < -0.3 is 20.1 Å². The number of hydrogen-bond donors (Lipinski definition) is 2. The van der Waals surface area contributed by atoms with Crippen molar-refractivity contribution in [3.8, 4) is 5.75 Å². The first-order valence-corrected chi connectivity index (χ1v) is 10.8. The third-order valence-electron chi connectivity index (χ3n) is 5.48. The summed E-state index contributed by atoms with van der Waals surface area (Å²) in [7, 11) is 1.43. The van der Waals surface area contributed by atoms with Crippen LogP contribution in [-0.2, 0) is 15.7 Å². The third-order valence-corrected chi connectivity index (χ3v) is 5.48. The number of likely N-dealkylation sites (N-methyl/N-ethyl adjacent to an activating group) is 1. The maximum absolute atomic E-state index is 13.4. The fourth-order valence-electron chi connectivity index (χ4n) is 3.65.